The standard InChI is InChI=1S/C22H28N2O4/c1-21-9-6-14(12-17(21)20(27)24-10-7-15(25)8-11-24)22(13-21)23-19(26)16-4-2-3-5-18(16)28-22/h2-5,14-15,17,25H,6-13H2,1H3,(H,23,26)/t14-,17-,21-,22-/m0/s1. The topological polar surface area (TPSA) is 78.9 Å². The third kappa shape index (κ3) is 2.65. The van der Waals surface area contributed by atoms with Gasteiger partial charge in [-0.25, -0.2) is 0 Å². The SMILES string of the molecule is C[C@@]12CC[C@@H](C[C@H]1C(=O)N1CCC(O)CC1)[C@@]1(C2)NC(=O)c2ccccc2O1. The summed E-state index contributed by atoms with van der Waals surface area (Å²) in [5.74, 6) is 0.887. The molecule has 6 rings (SSSR count). The molecule has 0 unspecified atom stereocenters. The van der Waals surface area contributed by atoms with Crippen LogP contribution in [0.1, 0.15) is 55.8 Å². The lowest BCUT2D eigenvalue weighted by molar-refractivity contribution is -0.175. The second-order valence-electron chi connectivity index (χ2n) is 9.35. The van der Waals surface area contributed by atoms with Crippen LogP contribution in [0, 0.1) is 17.3 Å². The van der Waals surface area contributed by atoms with Gasteiger partial charge in [0.2, 0.25) is 5.91 Å². The van der Waals surface area contributed by atoms with E-state index in [0.717, 1.165) is 19.3 Å². The van der Waals surface area contributed by atoms with E-state index in [1.54, 1.807) is 6.07 Å². The monoisotopic (exact) mass is 384 g/mol. The molecule has 150 valence electrons. The van der Waals surface area contributed by atoms with Gasteiger partial charge in [0.25, 0.3) is 5.91 Å². The molecule has 1 aromatic carbocycles. The smallest absolute Gasteiger partial charge is 0.258 e. The Labute approximate surface area is 165 Å². The molecule has 2 N–H and O–H groups in total. The number of nitrogens with one attached hydrogen (secondary N) is 1. The van der Waals surface area contributed by atoms with Crippen LogP contribution in [0.2, 0.25) is 0 Å². The lowest BCUT2D eigenvalue weighted by Crippen LogP contribution is -2.69. The molecule has 28 heavy (non-hydrogen) atoms. The molecule has 1 saturated heterocycles. The number of benzene rings is 1. The van der Waals surface area contributed by atoms with Crippen molar-refractivity contribution in [3.63, 3.8) is 0 Å². The average Bonchev–Trinajstić information content (AvgIpc) is 2.67. The van der Waals surface area contributed by atoms with Crippen molar-refractivity contribution in [2.24, 2.45) is 17.3 Å². The highest BCUT2D eigenvalue weighted by Gasteiger charge is 2.62. The maximum absolute atomic E-state index is 13.3. The molecule has 3 aliphatic carbocycles. The summed E-state index contributed by atoms with van der Waals surface area (Å²) in [6.07, 6.45) is 4.40. The van der Waals surface area contributed by atoms with Crippen molar-refractivity contribution in [1.82, 2.24) is 10.2 Å². The third-order valence-corrected chi connectivity index (χ3v) is 7.57. The van der Waals surface area contributed by atoms with Gasteiger partial charge in [-0.3, -0.25) is 9.59 Å². The predicted molar refractivity (Wildman–Crippen MR) is 103 cm³/mol. The van der Waals surface area contributed by atoms with Crippen molar-refractivity contribution in [1.29, 1.82) is 0 Å². The number of hydrogen-bond acceptors (Lipinski definition) is 4. The summed E-state index contributed by atoms with van der Waals surface area (Å²) in [5.41, 5.74) is -0.311. The van der Waals surface area contributed by atoms with Gasteiger partial charge >= 0.3 is 0 Å². The Balaban J connectivity index is 1.40. The quantitative estimate of drug-likeness (QED) is 0.779. The second-order valence-corrected chi connectivity index (χ2v) is 9.35. The zero-order chi connectivity index (χ0) is 19.5. The first-order chi connectivity index (χ1) is 13.4. The van der Waals surface area contributed by atoms with Gasteiger partial charge in [-0.05, 0) is 49.7 Å². The summed E-state index contributed by atoms with van der Waals surface area (Å²) in [5, 5.41) is 12.9. The summed E-state index contributed by atoms with van der Waals surface area (Å²) in [4.78, 5) is 28.0. The van der Waals surface area contributed by atoms with Crippen molar-refractivity contribution in [3.8, 4) is 5.75 Å². The number of fused-ring (bicyclic) bond motifs is 3. The van der Waals surface area contributed by atoms with Crippen LogP contribution in [0.15, 0.2) is 24.3 Å². The Morgan fingerprint density at radius 1 is 1.25 bits per heavy atom. The normalized spacial score (nSPS) is 37.4. The average molecular weight is 384 g/mol. The minimum atomic E-state index is -0.701. The number of aliphatic hydroxyl groups is 1. The first-order valence-electron chi connectivity index (χ1n) is 10.5. The van der Waals surface area contributed by atoms with Crippen LogP contribution in [-0.2, 0) is 4.79 Å². The number of carbonyl (C=O) groups excluding carboxylic acids is 2. The van der Waals surface area contributed by atoms with Crippen LogP contribution in [0.25, 0.3) is 0 Å². The van der Waals surface area contributed by atoms with Gasteiger partial charge in [-0.1, -0.05) is 19.1 Å². The van der Waals surface area contributed by atoms with Crippen molar-refractivity contribution >= 4 is 11.8 Å². The number of ether oxygens (including phenoxy) is 1. The highest BCUT2D eigenvalue weighted by Crippen LogP contribution is 2.59. The van der Waals surface area contributed by atoms with Gasteiger partial charge in [0.15, 0.2) is 5.72 Å². The maximum Gasteiger partial charge on any atom is 0.258 e. The predicted octanol–water partition coefficient (Wildman–Crippen LogP) is 2.31. The molecule has 4 atom stereocenters. The fraction of sp³-hybridized carbons (Fsp3) is 0.636. The fourth-order valence-corrected chi connectivity index (χ4v) is 5.94. The number of hydrogen-bond donors (Lipinski definition) is 2. The molecular formula is C22H28N2O4. The van der Waals surface area contributed by atoms with Gasteiger partial charge < -0.3 is 20.1 Å². The molecule has 2 heterocycles. The number of likely N-dealkylation sites (tertiary alicyclic amines) is 1. The molecular weight excluding hydrogens is 356 g/mol. The summed E-state index contributed by atoms with van der Waals surface area (Å²) in [6, 6.07) is 7.39. The largest absolute Gasteiger partial charge is 0.467 e. The van der Waals surface area contributed by atoms with Crippen LogP contribution in [0.4, 0.5) is 0 Å². The van der Waals surface area contributed by atoms with Crippen LogP contribution in [0.3, 0.4) is 0 Å². The number of carbonyl (C=O) groups is 2. The Morgan fingerprint density at radius 3 is 2.75 bits per heavy atom. The van der Waals surface area contributed by atoms with E-state index in [2.05, 4.69) is 12.2 Å². The summed E-state index contributed by atoms with van der Waals surface area (Å²) >= 11 is 0. The van der Waals surface area contributed by atoms with Gasteiger partial charge in [-0.2, -0.15) is 0 Å². The first-order valence-corrected chi connectivity index (χ1v) is 10.5. The minimum Gasteiger partial charge on any atom is -0.467 e. The first kappa shape index (κ1) is 18.0. The van der Waals surface area contributed by atoms with E-state index in [9.17, 15) is 14.7 Å². The van der Waals surface area contributed by atoms with E-state index in [1.807, 2.05) is 23.1 Å². The van der Waals surface area contributed by atoms with E-state index in [0.29, 0.717) is 43.7 Å². The lowest BCUT2D eigenvalue weighted by atomic mass is 9.52. The van der Waals surface area contributed by atoms with Crippen LogP contribution < -0.4 is 10.1 Å². The van der Waals surface area contributed by atoms with Crippen LogP contribution >= 0.6 is 0 Å². The molecule has 3 saturated carbocycles. The van der Waals surface area contributed by atoms with Crippen molar-refractivity contribution in [3.05, 3.63) is 29.8 Å². The van der Waals surface area contributed by atoms with Gasteiger partial charge in [-0.15, -0.1) is 0 Å². The molecule has 2 bridgehead atoms. The summed E-state index contributed by atoms with van der Waals surface area (Å²) < 4.78 is 6.43. The van der Waals surface area contributed by atoms with Gasteiger partial charge in [0.1, 0.15) is 5.75 Å². The number of para-hydroxylation sites is 1. The molecule has 2 aliphatic heterocycles. The second kappa shape index (κ2) is 6.21. The molecule has 1 spiro atoms. The van der Waals surface area contributed by atoms with E-state index >= 15 is 0 Å². The number of amides is 2. The Morgan fingerprint density at radius 2 is 2.00 bits per heavy atom. The maximum atomic E-state index is 13.3. The number of aliphatic hydroxyl groups excluding tert-OH is 1. The zero-order valence-corrected chi connectivity index (χ0v) is 16.3. The molecule has 0 radical (unpaired) electrons. The molecule has 6 nitrogen and oxygen atoms in total. The third-order valence-electron chi connectivity index (χ3n) is 7.57. The summed E-state index contributed by atoms with van der Waals surface area (Å²) in [6.45, 7) is 3.47. The zero-order valence-electron chi connectivity index (χ0n) is 16.3. The minimum absolute atomic E-state index is 0.0372. The van der Waals surface area contributed by atoms with Crippen molar-refractivity contribution < 1.29 is 19.4 Å². The van der Waals surface area contributed by atoms with Crippen molar-refractivity contribution in [2.75, 3.05) is 13.1 Å². The van der Waals surface area contributed by atoms with Crippen LogP contribution in [0.5, 0.6) is 5.75 Å². The molecule has 4 fully saturated rings. The van der Waals surface area contributed by atoms with E-state index in [4.69, 9.17) is 4.74 Å². The van der Waals surface area contributed by atoms with E-state index < -0.39 is 5.72 Å². The number of piperidine rings is 1. The number of rotatable bonds is 1. The van der Waals surface area contributed by atoms with Crippen LogP contribution in [-0.4, -0.2) is 46.7 Å². The molecule has 5 aliphatic rings. The molecule has 2 amide bonds. The number of nitrogens with zero attached hydrogens (tertiary/aromatic N) is 1. The van der Waals surface area contributed by atoms with Crippen molar-refractivity contribution in [2.45, 2.75) is 57.3 Å². The Hall–Kier alpha value is -2.08. The summed E-state index contributed by atoms with van der Waals surface area (Å²) in [7, 11) is 0. The van der Waals surface area contributed by atoms with Gasteiger partial charge in [0, 0.05) is 31.3 Å². The Bertz CT molecular complexity index is 819. The van der Waals surface area contributed by atoms with Gasteiger partial charge in [0.05, 0.1) is 11.7 Å². The Kier molecular flexibility index (Phi) is 3.99. The van der Waals surface area contributed by atoms with E-state index in [1.165, 1.54) is 0 Å². The highest BCUT2D eigenvalue weighted by molar-refractivity contribution is 5.98. The molecule has 6 heteroatoms. The highest BCUT2D eigenvalue weighted by atomic mass is 16.5. The van der Waals surface area contributed by atoms with E-state index in [-0.39, 0.29) is 35.2 Å². The molecule has 0 aromatic heterocycles. The fourth-order valence-electron chi connectivity index (χ4n) is 5.94. The molecule has 1 aromatic rings. The lowest BCUT2D eigenvalue weighted by Gasteiger charge is -2.60.